The van der Waals surface area contributed by atoms with Crippen LogP contribution in [-0.2, 0) is 16.9 Å². The third kappa shape index (κ3) is 6.61. The highest BCUT2D eigenvalue weighted by atomic mass is 32.2. The molecule has 0 amide bonds. The Balaban J connectivity index is 0.929. The average molecular weight is 673 g/mol. The summed E-state index contributed by atoms with van der Waals surface area (Å²) in [7, 11) is 0. The molecule has 2 atom stereocenters. The lowest BCUT2D eigenvalue weighted by atomic mass is 9.87. The maximum atomic E-state index is 15.0. The minimum Gasteiger partial charge on any atom is -0.368 e. The number of halogens is 2. The topological polar surface area (TPSA) is 86.2 Å². The molecule has 10 nitrogen and oxygen atoms in total. The zero-order valence-corrected chi connectivity index (χ0v) is 27.8. The number of hydrogen-bond donors (Lipinski definition) is 0. The van der Waals surface area contributed by atoms with Crippen molar-refractivity contribution in [1.29, 1.82) is 0 Å². The summed E-state index contributed by atoms with van der Waals surface area (Å²) < 4.78 is 39.7. The van der Waals surface area contributed by atoms with Gasteiger partial charge in [0, 0.05) is 59.8 Å². The van der Waals surface area contributed by atoms with Crippen molar-refractivity contribution in [2.24, 2.45) is 5.92 Å². The second-order valence-corrected chi connectivity index (χ2v) is 13.8. The van der Waals surface area contributed by atoms with Gasteiger partial charge in [-0.3, -0.25) is 0 Å². The van der Waals surface area contributed by atoms with Gasteiger partial charge >= 0.3 is 5.69 Å². The maximum absolute atomic E-state index is 15.0. The highest BCUT2D eigenvalue weighted by molar-refractivity contribution is 7.99. The molecule has 2 aliphatic heterocycles. The van der Waals surface area contributed by atoms with E-state index in [2.05, 4.69) is 61.4 Å². The van der Waals surface area contributed by atoms with Gasteiger partial charge in [-0.05, 0) is 80.8 Å². The number of rotatable bonds is 10. The van der Waals surface area contributed by atoms with Gasteiger partial charge in [-0.1, -0.05) is 6.07 Å². The zero-order chi connectivity index (χ0) is 33.3. The van der Waals surface area contributed by atoms with Crippen molar-refractivity contribution in [3.05, 3.63) is 113 Å². The van der Waals surface area contributed by atoms with Gasteiger partial charge in [0.15, 0.2) is 0 Å². The van der Waals surface area contributed by atoms with Gasteiger partial charge in [0.25, 0.3) is 0 Å². The van der Waals surface area contributed by atoms with E-state index >= 15 is 0 Å². The van der Waals surface area contributed by atoms with Crippen molar-refractivity contribution in [2.75, 3.05) is 48.3 Å². The molecule has 0 radical (unpaired) electrons. The summed E-state index contributed by atoms with van der Waals surface area (Å²) in [6, 6.07) is 20.5. The third-order valence-corrected chi connectivity index (χ3v) is 10.4. The minimum atomic E-state index is -0.943. The number of thioether (sulfide) groups is 1. The Morgan fingerprint density at radius 3 is 2.17 bits per heavy atom. The van der Waals surface area contributed by atoms with Crippen LogP contribution in [0.4, 0.5) is 20.2 Å². The van der Waals surface area contributed by atoms with Crippen LogP contribution in [-0.4, -0.2) is 67.7 Å². The fraction of sp³-hybridized carbons (Fsp3) is 0.371. The Kier molecular flexibility index (Phi) is 9.06. The van der Waals surface area contributed by atoms with Gasteiger partial charge in [-0.25, -0.2) is 32.5 Å². The molecule has 3 aromatic carbocycles. The van der Waals surface area contributed by atoms with Crippen molar-refractivity contribution in [2.45, 2.75) is 43.4 Å². The van der Waals surface area contributed by atoms with E-state index in [0.717, 1.165) is 54.3 Å². The highest BCUT2D eigenvalue weighted by Gasteiger charge is 2.44. The first kappa shape index (κ1) is 32.1. The first-order valence-electron chi connectivity index (χ1n) is 16.2. The van der Waals surface area contributed by atoms with Crippen LogP contribution in [0.5, 0.6) is 0 Å². The minimum absolute atomic E-state index is 0.0118. The molecule has 2 aromatic heterocycles. The molecule has 2 unspecified atom stereocenters. The Bertz CT molecular complexity index is 1890. The molecule has 0 aliphatic carbocycles. The summed E-state index contributed by atoms with van der Waals surface area (Å²) in [5.41, 5.74) is 2.41. The molecule has 2 saturated heterocycles. The van der Waals surface area contributed by atoms with E-state index in [1.807, 2.05) is 26.0 Å². The molecular formula is C35H38F2N8O2S. The predicted octanol–water partition coefficient (Wildman–Crippen LogP) is 5.54. The average Bonchev–Trinajstić information content (AvgIpc) is 3.85. The molecule has 2 fully saturated rings. The highest BCUT2D eigenvalue weighted by Crippen LogP contribution is 2.43. The lowest BCUT2D eigenvalue weighted by Gasteiger charge is -2.37. The summed E-state index contributed by atoms with van der Waals surface area (Å²) in [4.78, 5) is 22.6. The number of ether oxygens (including phenoxy) is 1. The number of hydrogen-bond acceptors (Lipinski definition) is 8. The lowest BCUT2D eigenvalue weighted by molar-refractivity contribution is -0.0202. The van der Waals surface area contributed by atoms with Gasteiger partial charge < -0.3 is 14.5 Å². The largest absolute Gasteiger partial charge is 0.368 e. The van der Waals surface area contributed by atoms with Crippen molar-refractivity contribution in [3.63, 3.8) is 0 Å². The Hall–Kier alpha value is -4.49. The quantitative estimate of drug-likeness (QED) is 0.179. The Labute approximate surface area is 282 Å². The number of anilines is 2. The summed E-state index contributed by atoms with van der Waals surface area (Å²) in [5.74, 6) is -0.224. The fourth-order valence-electron chi connectivity index (χ4n) is 6.65. The second-order valence-electron chi connectivity index (χ2n) is 12.7. The molecule has 0 N–H and O–H groups in total. The molecular weight excluding hydrogens is 635 g/mol. The first-order chi connectivity index (χ1) is 23.3. The number of nitrogens with zero attached hydrogens (tertiary/aromatic N) is 8. The van der Waals surface area contributed by atoms with E-state index in [-0.39, 0.29) is 17.6 Å². The van der Waals surface area contributed by atoms with Crippen LogP contribution in [0.15, 0.2) is 95.4 Å². The SMILES string of the molecule is CC(C)n1ncn(-c2ccc(N3CCN(c4ccc(SCC5COC(Cn6cncn6)(c6ccc(F)cc6F)C5)cc4)CC3)cc2)c1=O. The van der Waals surface area contributed by atoms with E-state index in [1.165, 1.54) is 28.8 Å². The molecule has 7 rings (SSSR count). The van der Waals surface area contributed by atoms with Crippen molar-refractivity contribution < 1.29 is 13.5 Å². The molecule has 2 aliphatic rings. The van der Waals surface area contributed by atoms with Crippen molar-refractivity contribution in [1.82, 2.24) is 29.1 Å². The van der Waals surface area contributed by atoms with Gasteiger partial charge in [0.1, 0.15) is 36.2 Å². The molecule has 13 heteroatoms. The van der Waals surface area contributed by atoms with Gasteiger partial charge in [-0.2, -0.15) is 10.2 Å². The normalized spacial score (nSPS) is 19.8. The van der Waals surface area contributed by atoms with Crippen LogP contribution in [0, 0.1) is 17.6 Å². The van der Waals surface area contributed by atoms with Crippen LogP contribution in [0.2, 0.25) is 0 Å². The Morgan fingerprint density at radius 2 is 1.56 bits per heavy atom. The fourth-order valence-corrected chi connectivity index (χ4v) is 7.62. The van der Waals surface area contributed by atoms with Gasteiger partial charge in [-0.15, -0.1) is 11.8 Å². The molecule has 5 aromatic rings. The molecule has 48 heavy (non-hydrogen) atoms. The summed E-state index contributed by atoms with van der Waals surface area (Å²) in [6.45, 7) is 8.27. The van der Waals surface area contributed by atoms with Crippen LogP contribution in [0.3, 0.4) is 0 Å². The monoisotopic (exact) mass is 672 g/mol. The zero-order valence-electron chi connectivity index (χ0n) is 27.0. The summed E-state index contributed by atoms with van der Waals surface area (Å²) in [6.07, 6.45) is 5.20. The molecule has 0 bridgehead atoms. The second kappa shape index (κ2) is 13.6. The molecule has 250 valence electrons. The van der Waals surface area contributed by atoms with Crippen LogP contribution in [0.25, 0.3) is 5.69 Å². The first-order valence-corrected chi connectivity index (χ1v) is 17.2. The predicted molar refractivity (Wildman–Crippen MR) is 182 cm³/mol. The number of aromatic nitrogens is 6. The van der Waals surface area contributed by atoms with Gasteiger partial charge in [0.2, 0.25) is 0 Å². The smallest absolute Gasteiger partial charge is 0.350 e. The van der Waals surface area contributed by atoms with E-state index < -0.39 is 17.2 Å². The van der Waals surface area contributed by atoms with E-state index in [4.69, 9.17) is 4.74 Å². The summed E-state index contributed by atoms with van der Waals surface area (Å²) >= 11 is 1.76. The Morgan fingerprint density at radius 1 is 0.896 bits per heavy atom. The number of benzene rings is 3. The van der Waals surface area contributed by atoms with E-state index in [1.54, 1.807) is 33.7 Å². The van der Waals surface area contributed by atoms with Crippen molar-refractivity contribution in [3.8, 4) is 5.69 Å². The van der Waals surface area contributed by atoms with E-state index in [9.17, 15) is 13.6 Å². The third-order valence-electron chi connectivity index (χ3n) is 9.16. The van der Waals surface area contributed by atoms with Gasteiger partial charge in [0.05, 0.1) is 24.9 Å². The molecule has 0 saturated carbocycles. The molecule has 0 spiro atoms. The number of piperazine rings is 1. The molecule has 4 heterocycles. The van der Waals surface area contributed by atoms with Crippen LogP contribution in [0.1, 0.15) is 31.9 Å². The van der Waals surface area contributed by atoms with Crippen LogP contribution < -0.4 is 15.5 Å². The maximum Gasteiger partial charge on any atom is 0.350 e. The van der Waals surface area contributed by atoms with E-state index in [0.29, 0.717) is 25.1 Å². The summed E-state index contributed by atoms with van der Waals surface area (Å²) in [5, 5.41) is 8.43. The van der Waals surface area contributed by atoms with Crippen LogP contribution >= 0.6 is 11.8 Å². The standard InChI is InChI=1S/C35H38F2N8O2S/c1-25(2)45-34(46)44(24-40-45)30-6-4-28(5-7-30)41-13-15-42(16-14-41)29-8-10-31(11-9-29)48-20-26-18-35(47-19-26,21-43-23-38-22-39-43)32-12-3-27(36)17-33(32)37/h3-12,17,22-26H,13-16,18-21H2,1-2H3. The van der Waals surface area contributed by atoms with Crippen molar-refractivity contribution >= 4 is 23.1 Å². The lowest BCUT2D eigenvalue weighted by Crippen LogP contribution is -2.46.